The Labute approximate surface area is 198 Å². The monoisotopic (exact) mass is 487 g/mol. The Bertz CT molecular complexity index is 1360. The van der Waals surface area contributed by atoms with Crippen molar-refractivity contribution in [3.8, 4) is 5.75 Å². The number of pyridine rings is 1. The highest BCUT2D eigenvalue weighted by Gasteiger charge is 2.30. The van der Waals surface area contributed by atoms with Crippen LogP contribution >= 0.6 is 11.6 Å². The van der Waals surface area contributed by atoms with Gasteiger partial charge in [-0.25, -0.2) is 8.78 Å². The highest BCUT2D eigenvalue weighted by Crippen LogP contribution is 2.37. The van der Waals surface area contributed by atoms with Gasteiger partial charge < -0.3 is 9.30 Å². The van der Waals surface area contributed by atoms with E-state index in [1.165, 1.54) is 46.5 Å². The molecule has 0 N–H and O–H groups in total. The number of anilines is 2. The maximum absolute atomic E-state index is 13.8. The fourth-order valence-corrected chi connectivity index (χ4v) is 3.93. The predicted octanol–water partition coefficient (Wildman–Crippen LogP) is 4.08. The zero-order valence-corrected chi connectivity index (χ0v) is 19.1. The van der Waals surface area contributed by atoms with Crippen molar-refractivity contribution in [3.63, 3.8) is 0 Å². The van der Waals surface area contributed by atoms with Crippen LogP contribution in [-0.4, -0.2) is 23.1 Å². The third-order valence-electron chi connectivity index (χ3n) is 5.49. The van der Waals surface area contributed by atoms with Crippen molar-refractivity contribution in [1.29, 1.82) is 0 Å². The maximum Gasteiger partial charge on any atom is 0.273 e. The first kappa shape index (κ1) is 23.4. The molecule has 0 spiro atoms. The SMILES string of the molecule is CC(=O)N1CN(C(C)=O)c2cc(Cn3ccc(OCc4ccc(F)cc4F)c(Cl)c3=O)ccc21. The molecule has 0 atom stereocenters. The largest absolute Gasteiger partial charge is 0.487 e. The van der Waals surface area contributed by atoms with Crippen molar-refractivity contribution in [3.05, 3.63) is 86.8 Å². The number of carbonyl (C=O) groups is 2. The van der Waals surface area contributed by atoms with Gasteiger partial charge >= 0.3 is 0 Å². The van der Waals surface area contributed by atoms with Crippen LogP contribution in [0.1, 0.15) is 25.0 Å². The lowest BCUT2D eigenvalue weighted by Crippen LogP contribution is -2.36. The summed E-state index contributed by atoms with van der Waals surface area (Å²) in [4.78, 5) is 39.7. The van der Waals surface area contributed by atoms with E-state index in [0.717, 1.165) is 17.7 Å². The summed E-state index contributed by atoms with van der Waals surface area (Å²) in [5, 5.41) is -0.181. The Morgan fingerprint density at radius 3 is 2.38 bits per heavy atom. The highest BCUT2D eigenvalue weighted by molar-refractivity contribution is 6.31. The van der Waals surface area contributed by atoms with Crippen molar-refractivity contribution in [1.82, 2.24) is 4.57 Å². The highest BCUT2D eigenvalue weighted by atomic mass is 35.5. The molecule has 0 saturated heterocycles. The predicted molar refractivity (Wildman–Crippen MR) is 123 cm³/mol. The molecule has 176 valence electrons. The molecule has 0 saturated carbocycles. The molecule has 4 rings (SSSR count). The summed E-state index contributed by atoms with van der Waals surface area (Å²) in [5.74, 6) is -1.78. The van der Waals surface area contributed by atoms with Crippen molar-refractivity contribution >= 4 is 34.8 Å². The van der Waals surface area contributed by atoms with Gasteiger partial charge in [0.25, 0.3) is 5.56 Å². The molecule has 2 amide bonds. The molecule has 3 aromatic rings. The van der Waals surface area contributed by atoms with Gasteiger partial charge in [0.15, 0.2) is 0 Å². The smallest absolute Gasteiger partial charge is 0.273 e. The number of hydrogen-bond acceptors (Lipinski definition) is 4. The van der Waals surface area contributed by atoms with E-state index in [2.05, 4.69) is 0 Å². The molecule has 0 bridgehead atoms. The van der Waals surface area contributed by atoms with E-state index >= 15 is 0 Å². The summed E-state index contributed by atoms with van der Waals surface area (Å²) < 4.78 is 33.7. The van der Waals surface area contributed by atoms with E-state index < -0.39 is 17.2 Å². The number of rotatable bonds is 5. The van der Waals surface area contributed by atoms with E-state index in [4.69, 9.17) is 16.3 Å². The zero-order chi connectivity index (χ0) is 24.6. The van der Waals surface area contributed by atoms with Crippen molar-refractivity contribution in [2.24, 2.45) is 0 Å². The van der Waals surface area contributed by atoms with Gasteiger partial charge in [-0.3, -0.25) is 24.2 Å². The van der Waals surface area contributed by atoms with Gasteiger partial charge in [-0.1, -0.05) is 17.7 Å². The van der Waals surface area contributed by atoms with E-state index in [9.17, 15) is 23.2 Å². The van der Waals surface area contributed by atoms with Crippen LogP contribution in [0.5, 0.6) is 5.75 Å². The summed E-state index contributed by atoms with van der Waals surface area (Å²) in [7, 11) is 0. The van der Waals surface area contributed by atoms with Crippen LogP contribution in [0, 0.1) is 11.6 Å². The molecule has 1 aliphatic rings. The second-order valence-electron chi connectivity index (χ2n) is 7.81. The lowest BCUT2D eigenvalue weighted by Gasteiger charge is -2.16. The average molecular weight is 488 g/mol. The molecule has 0 fully saturated rings. The Hall–Kier alpha value is -3.72. The summed E-state index contributed by atoms with van der Waals surface area (Å²) in [6.45, 7) is 2.91. The van der Waals surface area contributed by atoms with Crippen LogP contribution in [0.25, 0.3) is 0 Å². The molecule has 0 aliphatic carbocycles. The Morgan fingerprint density at radius 2 is 1.71 bits per heavy atom. The molecule has 0 radical (unpaired) electrons. The normalized spacial score (nSPS) is 12.6. The number of amides is 2. The number of ether oxygens (including phenoxy) is 1. The van der Waals surface area contributed by atoms with E-state index in [1.54, 1.807) is 18.2 Å². The van der Waals surface area contributed by atoms with E-state index in [-0.39, 0.29) is 48.0 Å². The summed E-state index contributed by atoms with van der Waals surface area (Å²) >= 11 is 6.20. The molecule has 2 aromatic carbocycles. The third-order valence-corrected chi connectivity index (χ3v) is 5.83. The number of hydrogen-bond donors (Lipinski definition) is 0. The van der Waals surface area contributed by atoms with Gasteiger partial charge in [0.2, 0.25) is 11.8 Å². The molecule has 10 heteroatoms. The number of benzene rings is 2. The second-order valence-corrected chi connectivity index (χ2v) is 8.19. The second kappa shape index (κ2) is 9.26. The lowest BCUT2D eigenvalue weighted by molar-refractivity contribution is -0.117. The summed E-state index contributed by atoms with van der Waals surface area (Å²) in [5.41, 5.74) is 1.52. The minimum atomic E-state index is -0.760. The molecule has 0 unspecified atom stereocenters. The summed E-state index contributed by atoms with van der Waals surface area (Å²) in [6.07, 6.45) is 1.49. The van der Waals surface area contributed by atoms with E-state index in [0.29, 0.717) is 11.4 Å². The quantitative estimate of drug-likeness (QED) is 0.543. The Morgan fingerprint density at radius 1 is 1.00 bits per heavy atom. The molecule has 34 heavy (non-hydrogen) atoms. The molecular weight excluding hydrogens is 468 g/mol. The third kappa shape index (κ3) is 4.51. The number of fused-ring (bicyclic) bond motifs is 1. The first-order chi connectivity index (χ1) is 16.2. The van der Waals surface area contributed by atoms with Gasteiger partial charge in [0.1, 0.15) is 35.7 Å². The molecule has 2 heterocycles. The first-order valence-corrected chi connectivity index (χ1v) is 10.7. The van der Waals surface area contributed by atoms with Crippen LogP contribution < -0.4 is 20.1 Å². The van der Waals surface area contributed by atoms with Crippen LogP contribution in [0.3, 0.4) is 0 Å². The number of nitrogens with zero attached hydrogens (tertiary/aromatic N) is 3. The van der Waals surface area contributed by atoms with Crippen LogP contribution in [-0.2, 0) is 22.7 Å². The minimum absolute atomic E-state index is 0.0699. The van der Waals surface area contributed by atoms with Gasteiger partial charge in [-0.15, -0.1) is 0 Å². The van der Waals surface area contributed by atoms with Gasteiger partial charge in [-0.2, -0.15) is 0 Å². The minimum Gasteiger partial charge on any atom is -0.487 e. The fourth-order valence-electron chi connectivity index (χ4n) is 3.70. The molecule has 7 nitrogen and oxygen atoms in total. The Kier molecular flexibility index (Phi) is 6.39. The van der Waals surface area contributed by atoms with Crippen molar-refractivity contribution in [2.75, 3.05) is 16.5 Å². The van der Waals surface area contributed by atoms with Gasteiger partial charge in [0, 0.05) is 31.7 Å². The molecular formula is C24H20ClF2N3O4. The molecule has 1 aromatic heterocycles. The van der Waals surface area contributed by atoms with Crippen molar-refractivity contribution in [2.45, 2.75) is 27.0 Å². The topological polar surface area (TPSA) is 71.8 Å². The van der Waals surface area contributed by atoms with Crippen molar-refractivity contribution < 1.29 is 23.1 Å². The standard InChI is InChI=1S/C24H20ClF2N3O4/c1-14(31)29-13-30(15(2)32)21-9-16(3-6-20(21)29)11-28-8-7-22(23(25)24(28)33)34-12-17-4-5-18(26)10-19(17)27/h3-10H,11-13H2,1-2H3. The number of aromatic nitrogens is 1. The Balaban J connectivity index is 1.55. The van der Waals surface area contributed by atoms with Crippen LogP contribution in [0.4, 0.5) is 20.2 Å². The van der Waals surface area contributed by atoms with Crippen LogP contribution in [0.15, 0.2) is 53.5 Å². The number of halogens is 3. The van der Waals surface area contributed by atoms with Crippen LogP contribution in [0.2, 0.25) is 5.02 Å². The van der Waals surface area contributed by atoms with Gasteiger partial charge in [0.05, 0.1) is 17.9 Å². The average Bonchev–Trinajstić information content (AvgIpc) is 3.17. The summed E-state index contributed by atoms with van der Waals surface area (Å²) in [6, 6.07) is 9.85. The fraction of sp³-hybridized carbons (Fsp3) is 0.208. The van der Waals surface area contributed by atoms with E-state index in [1.807, 2.05) is 0 Å². The van der Waals surface area contributed by atoms with Gasteiger partial charge in [-0.05, 0) is 35.9 Å². The number of carbonyl (C=O) groups excluding carboxylic acids is 2. The lowest BCUT2D eigenvalue weighted by atomic mass is 10.1. The first-order valence-electron chi connectivity index (χ1n) is 10.3. The maximum atomic E-state index is 13.8. The zero-order valence-electron chi connectivity index (χ0n) is 18.3. The molecule has 1 aliphatic heterocycles.